The topological polar surface area (TPSA) is 43.9 Å². The second-order valence-corrected chi connectivity index (χ2v) is 7.06. The van der Waals surface area contributed by atoms with Gasteiger partial charge in [0, 0.05) is 10.9 Å². The smallest absolute Gasteiger partial charge is 0.339 e. The first-order valence-corrected chi connectivity index (χ1v) is 8.78. The van der Waals surface area contributed by atoms with E-state index in [4.69, 9.17) is 20.8 Å². The second kappa shape index (κ2) is 6.41. The van der Waals surface area contributed by atoms with Crippen LogP contribution >= 0.6 is 11.6 Å². The van der Waals surface area contributed by atoms with Crippen molar-refractivity contribution in [3.63, 3.8) is 0 Å². The molecule has 1 N–H and O–H groups in total. The van der Waals surface area contributed by atoms with E-state index in [1.807, 2.05) is 19.1 Å². The molecule has 0 amide bonds. The Bertz CT molecular complexity index is 1060. The van der Waals surface area contributed by atoms with Crippen molar-refractivity contribution in [1.29, 1.82) is 0 Å². The molecule has 134 valence electrons. The van der Waals surface area contributed by atoms with E-state index in [1.54, 1.807) is 19.1 Å². The van der Waals surface area contributed by atoms with Gasteiger partial charge in [-0.2, -0.15) is 0 Å². The maximum absolute atomic E-state index is 14.1. The third kappa shape index (κ3) is 2.77. The summed E-state index contributed by atoms with van der Waals surface area (Å²) in [6.07, 6.45) is 0. The van der Waals surface area contributed by atoms with Gasteiger partial charge in [0.15, 0.2) is 5.58 Å². The summed E-state index contributed by atoms with van der Waals surface area (Å²) >= 11 is 6.15. The van der Waals surface area contributed by atoms with Crippen molar-refractivity contribution in [2.75, 3.05) is 6.73 Å². The van der Waals surface area contributed by atoms with Crippen LogP contribution in [0.25, 0.3) is 11.0 Å². The van der Waals surface area contributed by atoms with E-state index in [2.05, 4.69) is 0 Å². The van der Waals surface area contributed by atoms with Crippen LogP contribution in [0.4, 0.5) is 4.39 Å². The predicted molar refractivity (Wildman–Crippen MR) is 97.2 cm³/mol. The fourth-order valence-electron chi connectivity index (χ4n) is 3.39. The van der Waals surface area contributed by atoms with E-state index < -0.39 is 0 Å². The van der Waals surface area contributed by atoms with E-state index in [9.17, 15) is 9.18 Å². The quantitative estimate of drug-likeness (QED) is 0.701. The number of quaternary nitrogens is 1. The van der Waals surface area contributed by atoms with Crippen LogP contribution in [0.2, 0.25) is 5.02 Å². The van der Waals surface area contributed by atoms with Crippen LogP contribution in [-0.4, -0.2) is 6.73 Å². The fraction of sp³-hybridized carbons (Fsp3) is 0.250. The summed E-state index contributed by atoms with van der Waals surface area (Å²) in [7, 11) is 0. The highest BCUT2D eigenvalue weighted by atomic mass is 35.5. The molecule has 1 aromatic heterocycles. The SMILES string of the molecule is Cc1c(C)c2ccc3c(c2oc1=O)C[NH+](Cc1c(F)cccc1Cl)CO3. The van der Waals surface area contributed by atoms with Gasteiger partial charge in [0.25, 0.3) is 0 Å². The molecule has 1 aliphatic heterocycles. The van der Waals surface area contributed by atoms with Crippen LogP contribution in [0.15, 0.2) is 39.5 Å². The molecule has 4 rings (SSSR count). The van der Waals surface area contributed by atoms with Gasteiger partial charge in [-0.1, -0.05) is 17.7 Å². The summed E-state index contributed by atoms with van der Waals surface area (Å²) in [5, 5.41) is 1.30. The summed E-state index contributed by atoms with van der Waals surface area (Å²) in [6.45, 7) is 5.00. The van der Waals surface area contributed by atoms with Crippen molar-refractivity contribution in [2.45, 2.75) is 26.9 Å². The molecule has 6 heteroatoms. The number of nitrogens with one attached hydrogen (secondary N) is 1. The first kappa shape index (κ1) is 17.1. The Kier molecular flexibility index (Phi) is 4.21. The zero-order valence-corrected chi connectivity index (χ0v) is 15.2. The minimum absolute atomic E-state index is 0.327. The van der Waals surface area contributed by atoms with E-state index in [0.29, 0.717) is 47.3 Å². The fourth-order valence-corrected chi connectivity index (χ4v) is 3.62. The summed E-state index contributed by atoms with van der Waals surface area (Å²) in [5.41, 5.74) is 3.02. The molecule has 1 atom stereocenters. The minimum atomic E-state index is -0.340. The van der Waals surface area contributed by atoms with Crippen LogP contribution in [0.3, 0.4) is 0 Å². The van der Waals surface area contributed by atoms with Crippen molar-refractivity contribution >= 4 is 22.6 Å². The number of halogens is 2. The van der Waals surface area contributed by atoms with Crippen LogP contribution in [0, 0.1) is 19.7 Å². The van der Waals surface area contributed by atoms with E-state index >= 15 is 0 Å². The molecule has 0 saturated heterocycles. The third-order valence-electron chi connectivity index (χ3n) is 5.03. The maximum Gasteiger partial charge on any atom is 0.339 e. The molecule has 2 aromatic carbocycles. The Morgan fingerprint density at radius 2 is 2.00 bits per heavy atom. The minimum Gasteiger partial charge on any atom is -0.445 e. The number of fused-ring (bicyclic) bond motifs is 3. The summed E-state index contributed by atoms with van der Waals surface area (Å²) in [6, 6.07) is 8.49. The highest BCUT2D eigenvalue weighted by Gasteiger charge is 2.26. The molecule has 3 aromatic rings. The molecule has 0 aliphatic carbocycles. The number of aryl methyl sites for hydroxylation is 1. The van der Waals surface area contributed by atoms with Gasteiger partial charge < -0.3 is 9.15 Å². The van der Waals surface area contributed by atoms with E-state index in [1.165, 1.54) is 6.07 Å². The lowest BCUT2D eigenvalue weighted by Crippen LogP contribution is -3.11. The van der Waals surface area contributed by atoms with Gasteiger partial charge in [-0.05, 0) is 43.7 Å². The van der Waals surface area contributed by atoms with Gasteiger partial charge in [0.1, 0.15) is 24.7 Å². The highest BCUT2D eigenvalue weighted by molar-refractivity contribution is 6.31. The molecular weight excluding hydrogens is 357 g/mol. The molecule has 1 aliphatic rings. The lowest BCUT2D eigenvalue weighted by molar-refractivity contribution is -0.945. The zero-order valence-electron chi connectivity index (χ0n) is 14.5. The van der Waals surface area contributed by atoms with Crippen molar-refractivity contribution in [2.24, 2.45) is 0 Å². The van der Waals surface area contributed by atoms with Gasteiger partial charge in [-0.15, -0.1) is 0 Å². The van der Waals surface area contributed by atoms with Crippen molar-refractivity contribution < 1.29 is 18.4 Å². The Balaban J connectivity index is 1.75. The van der Waals surface area contributed by atoms with Gasteiger partial charge in [-0.25, -0.2) is 9.18 Å². The zero-order chi connectivity index (χ0) is 18.4. The highest BCUT2D eigenvalue weighted by Crippen LogP contribution is 2.30. The molecular formula is C20H18ClFNO3+. The molecule has 0 saturated carbocycles. The van der Waals surface area contributed by atoms with Gasteiger partial charge in [0.2, 0.25) is 6.73 Å². The Morgan fingerprint density at radius 1 is 1.19 bits per heavy atom. The summed E-state index contributed by atoms with van der Waals surface area (Å²) < 4.78 is 25.5. The lowest BCUT2D eigenvalue weighted by atomic mass is 10.0. The van der Waals surface area contributed by atoms with Gasteiger partial charge in [-0.3, -0.25) is 4.90 Å². The van der Waals surface area contributed by atoms with Crippen LogP contribution < -0.4 is 15.3 Å². The third-order valence-corrected chi connectivity index (χ3v) is 5.39. The average molecular weight is 375 g/mol. The largest absolute Gasteiger partial charge is 0.445 e. The van der Waals surface area contributed by atoms with E-state index in [-0.39, 0.29) is 11.4 Å². The predicted octanol–water partition coefficient (Wildman–Crippen LogP) is 3.14. The Labute approximate surface area is 154 Å². The average Bonchev–Trinajstić information content (AvgIpc) is 2.63. The second-order valence-electron chi connectivity index (χ2n) is 6.65. The summed E-state index contributed by atoms with van der Waals surface area (Å²) in [5.74, 6) is 0.374. The molecule has 2 heterocycles. The number of hydrogen-bond donors (Lipinski definition) is 1. The molecule has 26 heavy (non-hydrogen) atoms. The first-order chi connectivity index (χ1) is 12.5. The Hall–Kier alpha value is -2.37. The normalized spacial score (nSPS) is 16.4. The molecule has 1 unspecified atom stereocenters. The molecule has 4 nitrogen and oxygen atoms in total. The Morgan fingerprint density at radius 3 is 2.77 bits per heavy atom. The van der Waals surface area contributed by atoms with Crippen LogP contribution in [0.1, 0.15) is 22.3 Å². The number of hydrogen-bond acceptors (Lipinski definition) is 3. The van der Waals surface area contributed by atoms with Crippen LogP contribution in [-0.2, 0) is 13.1 Å². The number of benzene rings is 2. The monoisotopic (exact) mass is 374 g/mol. The molecule has 0 bridgehead atoms. The molecule has 0 spiro atoms. The molecule has 0 radical (unpaired) electrons. The maximum atomic E-state index is 14.1. The lowest BCUT2D eigenvalue weighted by Gasteiger charge is -2.27. The van der Waals surface area contributed by atoms with E-state index in [0.717, 1.165) is 21.4 Å². The van der Waals surface area contributed by atoms with Gasteiger partial charge >= 0.3 is 5.63 Å². The standard InChI is InChI=1S/C20H17ClFNO3/c1-11-12(2)20(24)26-19-13(11)6-7-18-15(19)9-23(10-25-18)8-14-16(21)4-3-5-17(14)22/h3-7H,8-10H2,1-2H3/p+1. The molecule has 0 fully saturated rings. The van der Waals surface area contributed by atoms with Gasteiger partial charge in [0.05, 0.1) is 16.1 Å². The van der Waals surface area contributed by atoms with Crippen molar-refractivity contribution in [1.82, 2.24) is 0 Å². The van der Waals surface area contributed by atoms with Crippen LogP contribution in [0.5, 0.6) is 5.75 Å². The van der Waals surface area contributed by atoms with Crippen molar-refractivity contribution in [3.05, 3.63) is 73.8 Å². The van der Waals surface area contributed by atoms with Crippen molar-refractivity contribution in [3.8, 4) is 5.75 Å². The first-order valence-electron chi connectivity index (χ1n) is 8.41. The number of ether oxygens (including phenoxy) is 1. The number of rotatable bonds is 2. The summed E-state index contributed by atoms with van der Waals surface area (Å²) in [4.78, 5) is 13.1.